The lowest BCUT2D eigenvalue weighted by Crippen LogP contribution is -2.12. The van der Waals surface area contributed by atoms with Crippen LogP contribution in [-0.2, 0) is 24.9 Å². The van der Waals surface area contributed by atoms with Gasteiger partial charge >= 0.3 is 0 Å². The van der Waals surface area contributed by atoms with Gasteiger partial charge in [-0.25, -0.2) is 9.97 Å². The van der Waals surface area contributed by atoms with E-state index in [9.17, 15) is 10.2 Å². The first-order valence-electron chi connectivity index (χ1n) is 16.1. The highest BCUT2D eigenvalue weighted by atomic mass is 16.3. The molecular weight excluding hydrogens is 596 g/mol. The number of hydrogen-bond acceptors (Lipinski definition) is 6. The quantitative estimate of drug-likeness (QED) is 0.200. The summed E-state index contributed by atoms with van der Waals surface area (Å²) in [4.78, 5) is 19.4. The summed E-state index contributed by atoms with van der Waals surface area (Å²) in [6, 6.07) is 23.5. The van der Waals surface area contributed by atoms with Crippen LogP contribution in [0, 0.1) is 0 Å². The predicted molar refractivity (Wildman–Crippen MR) is 193 cm³/mol. The molecule has 7 aromatic rings. The number of rotatable bonds is 4. The summed E-state index contributed by atoms with van der Waals surface area (Å²) in [7, 11) is 3.92. The van der Waals surface area contributed by atoms with Crippen LogP contribution in [0.1, 0.15) is 52.7 Å². The molecule has 3 aromatic carbocycles. The van der Waals surface area contributed by atoms with Crippen molar-refractivity contribution in [3.05, 3.63) is 96.3 Å². The first kappa shape index (κ1) is 31.1. The van der Waals surface area contributed by atoms with Gasteiger partial charge in [-0.1, -0.05) is 53.7 Å². The Morgan fingerprint density at radius 1 is 0.521 bits per heavy atom. The SMILES string of the molecule is Cn1c(-c2cc(C(C)(C)C)cc(-c3ccccn3)c2O)nc2c3nc(-c4cc(C(C)(C)C)cc(-c5ccccn5)c4O)n(C)c3ccc21. The van der Waals surface area contributed by atoms with Gasteiger partial charge in [-0.05, 0) is 82.6 Å². The number of hydrogen-bond donors (Lipinski definition) is 2. The Kier molecular flexibility index (Phi) is 7.16. The molecule has 0 saturated carbocycles. The molecule has 0 saturated heterocycles. The Morgan fingerprint density at radius 2 is 0.896 bits per heavy atom. The van der Waals surface area contributed by atoms with Crippen LogP contribution < -0.4 is 0 Å². The van der Waals surface area contributed by atoms with Crippen LogP contribution in [-0.4, -0.2) is 39.3 Å². The van der Waals surface area contributed by atoms with Crippen molar-refractivity contribution >= 4 is 22.1 Å². The van der Waals surface area contributed by atoms with Crippen molar-refractivity contribution in [2.75, 3.05) is 0 Å². The second-order valence-electron chi connectivity index (χ2n) is 14.6. The molecule has 0 spiro atoms. The van der Waals surface area contributed by atoms with E-state index in [1.807, 2.05) is 96.0 Å². The molecule has 0 bridgehead atoms. The maximum Gasteiger partial charge on any atom is 0.144 e. The van der Waals surface area contributed by atoms with Gasteiger partial charge in [-0.3, -0.25) is 9.97 Å². The minimum absolute atomic E-state index is 0.129. The van der Waals surface area contributed by atoms with Gasteiger partial charge in [0.15, 0.2) is 0 Å². The first-order valence-corrected chi connectivity index (χ1v) is 16.1. The highest BCUT2D eigenvalue weighted by Crippen LogP contribution is 2.44. The molecule has 4 heterocycles. The van der Waals surface area contributed by atoms with Crippen LogP contribution in [0.4, 0.5) is 0 Å². The van der Waals surface area contributed by atoms with Crippen molar-refractivity contribution in [2.24, 2.45) is 14.1 Å². The molecule has 8 heteroatoms. The zero-order valence-electron chi connectivity index (χ0n) is 28.7. The van der Waals surface area contributed by atoms with E-state index in [0.29, 0.717) is 56.3 Å². The van der Waals surface area contributed by atoms with Crippen LogP contribution in [0.15, 0.2) is 85.2 Å². The number of imidazole rings is 2. The second kappa shape index (κ2) is 11.0. The van der Waals surface area contributed by atoms with Gasteiger partial charge in [-0.2, -0.15) is 0 Å². The summed E-state index contributed by atoms with van der Waals surface area (Å²) in [6.07, 6.45) is 3.47. The van der Waals surface area contributed by atoms with Gasteiger partial charge in [0.25, 0.3) is 0 Å². The monoisotopic (exact) mass is 636 g/mol. The van der Waals surface area contributed by atoms with Crippen molar-refractivity contribution in [2.45, 2.75) is 52.4 Å². The van der Waals surface area contributed by atoms with Crippen molar-refractivity contribution in [3.8, 4) is 56.8 Å². The first-order chi connectivity index (χ1) is 22.7. The molecule has 7 rings (SSSR count). The average molecular weight is 637 g/mol. The fraction of sp³-hybridized carbons (Fsp3) is 0.250. The number of benzene rings is 3. The van der Waals surface area contributed by atoms with Gasteiger partial charge in [-0.15, -0.1) is 0 Å². The van der Waals surface area contributed by atoms with Gasteiger partial charge < -0.3 is 19.3 Å². The molecule has 0 fully saturated rings. The minimum atomic E-state index is -0.183. The molecule has 0 aliphatic carbocycles. The standard InChI is InChI=1S/C40H40N6O2/c1-39(2,3)23-19-25(29-13-9-11-17-41-29)35(47)27(21-23)37-43-33-31(45(37)7)15-16-32-34(33)44-38(46(32)8)28-22-24(40(4,5)6)20-26(36(28)48)30-14-10-12-18-42-30/h9-22,47-48H,1-8H3. The van der Waals surface area contributed by atoms with Crippen LogP contribution in [0.5, 0.6) is 11.5 Å². The van der Waals surface area contributed by atoms with Gasteiger partial charge in [0, 0.05) is 37.6 Å². The number of nitrogens with zero attached hydrogens (tertiary/aromatic N) is 6. The largest absolute Gasteiger partial charge is 0.506 e. The lowest BCUT2D eigenvalue weighted by molar-refractivity contribution is 0.476. The van der Waals surface area contributed by atoms with Crippen LogP contribution in [0.3, 0.4) is 0 Å². The number of phenolic OH excluding ortho intramolecular Hbond substituents is 2. The lowest BCUT2D eigenvalue weighted by Gasteiger charge is -2.22. The smallest absolute Gasteiger partial charge is 0.144 e. The molecule has 0 unspecified atom stereocenters. The summed E-state index contributed by atoms with van der Waals surface area (Å²) in [6.45, 7) is 12.9. The fourth-order valence-electron chi connectivity index (χ4n) is 6.30. The maximum absolute atomic E-state index is 11.7. The van der Waals surface area contributed by atoms with Gasteiger partial charge in [0.2, 0.25) is 0 Å². The summed E-state index contributed by atoms with van der Waals surface area (Å²) >= 11 is 0. The van der Waals surface area contributed by atoms with E-state index in [2.05, 4.69) is 51.5 Å². The Morgan fingerprint density at radius 3 is 1.23 bits per heavy atom. The fourth-order valence-corrected chi connectivity index (χ4v) is 6.30. The number of fused-ring (bicyclic) bond motifs is 3. The Labute approximate surface area is 280 Å². The Bertz CT molecular complexity index is 2170. The molecule has 2 N–H and O–H groups in total. The van der Waals surface area contributed by atoms with Crippen molar-refractivity contribution in [3.63, 3.8) is 0 Å². The van der Waals surface area contributed by atoms with Crippen LogP contribution in [0.25, 0.3) is 67.4 Å². The summed E-state index contributed by atoms with van der Waals surface area (Å²) in [5.41, 5.74) is 8.90. The third-order valence-corrected chi connectivity index (χ3v) is 9.22. The summed E-state index contributed by atoms with van der Waals surface area (Å²) in [5, 5.41) is 23.5. The summed E-state index contributed by atoms with van der Waals surface area (Å²) < 4.78 is 4.01. The molecule has 8 nitrogen and oxygen atoms in total. The maximum atomic E-state index is 11.7. The number of aryl methyl sites for hydroxylation is 2. The highest BCUT2D eigenvalue weighted by Gasteiger charge is 2.27. The zero-order valence-corrected chi connectivity index (χ0v) is 28.7. The Balaban J connectivity index is 1.46. The highest BCUT2D eigenvalue weighted by molar-refractivity contribution is 6.04. The number of phenols is 2. The average Bonchev–Trinajstić information content (AvgIpc) is 3.57. The number of pyridine rings is 2. The third kappa shape index (κ3) is 5.08. The predicted octanol–water partition coefficient (Wildman–Crippen LogP) is 8.92. The molecule has 0 aliphatic heterocycles. The van der Waals surface area contributed by atoms with Gasteiger partial charge in [0.1, 0.15) is 34.2 Å². The van der Waals surface area contributed by atoms with E-state index in [1.54, 1.807) is 12.4 Å². The molecule has 242 valence electrons. The van der Waals surface area contributed by atoms with Crippen molar-refractivity contribution in [1.29, 1.82) is 0 Å². The zero-order chi connectivity index (χ0) is 34.1. The van der Waals surface area contributed by atoms with E-state index >= 15 is 0 Å². The number of aromatic hydroxyl groups is 2. The topological polar surface area (TPSA) is 102 Å². The molecular formula is C40H40N6O2. The van der Waals surface area contributed by atoms with E-state index in [0.717, 1.165) is 22.2 Å². The van der Waals surface area contributed by atoms with E-state index < -0.39 is 0 Å². The molecule has 48 heavy (non-hydrogen) atoms. The normalized spacial score (nSPS) is 12.3. The summed E-state index contributed by atoms with van der Waals surface area (Å²) in [5.74, 6) is 1.51. The van der Waals surface area contributed by atoms with Crippen LogP contribution in [0.2, 0.25) is 0 Å². The molecule has 0 aliphatic rings. The lowest BCUT2D eigenvalue weighted by atomic mass is 9.84. The molecule has 0 amide bonds. The Hall–Kier alpha value is -5.50. The molecule has 0 atom stereocenters. The molecule has 4 aromatic heterocycles. The van der Waals surface area contributed by atoms with Crippen LogP contribution >= 0.6 is 0 Å². The minimum Gasteiger partial charge on any atom is -0.506 e. The molecule has 0 radical (unpaired) electrons. The van der Waals surface area contributed by atoms with E-state index in [4.69, 9.17) is 9.97 Å². The van der Waals surface area contributed by atoms with Crippen molar-refractivity contribution < 1.29 is 10.2 Å². The number of aromatic nitrogens is 6. The third-order valence-electron chi connectivity index (χ3n) is 9.22. The second-order valence-corrected chi connectivity index (χ2v) is 14.6. The van der Waals surface area contributed by atoms with E-state index in [1.165, 1.54) is 0 Å². The van der Waals surface area contributed by atoms with Gasteiger partial charge in [0.05, 0.1) is 33.5 Å². The van der Waals surface area contributed by atoms with E-state index in [-0.39, 0.29) is 22.3 Å². The van der Waals surface area contributed by atoms with Crippen molar-refractivity contribution in [1.82, 2.24) is 29.1 Å².